The third kappa shape index (κ3) is 13.9. The summed E-state index contributed by atoms with van der Waals surface area (Å²) >= 11 is 0. The quantitative estimate of drug-likeness (QED) is 0.0400. The molecule has 0 saturated heterocycles. The monoisotopic (exact) mass is 799 g/mol. The molecule has 0 aromatic heterocycles. The van der Waals surface area contributed by atoms with Crippen LogP contribution in [0.1, 0.15) is 38.8 Å². The van der Waals surface area contributed by atoms with E-state index in [2.05, 4.69) is 114 Å². The van der Waals surface area contributed by atoms with Crippen LogP contribution in [0.15, 0.2) is 77.6 Å². The van der Waals surface area contributed by atoms with Crippen LogP contribution in [0.4, 0.5) is 11.4 Å². The lowest BCUT2D eigenvalue weighted by atomic mass is 9.81. The van der Waals surface area contributed by atoms with Crippen LogP contribution in [0, 0.1) is 0 Å². The molecule has 56 heavy (non-hydrogen) atoms. The molecule has 0 amide bonds. The van der Waals surface area contributed by atoms with E-state index in [9.17, 15) is 0 Å². The topological polar surface area (TPSA) is 129 Å². The second-order valence-electron chi connectivity index (χ2n) is 14.1. The van der Waals surface area contributed by atoms with Gasteiger partial charge in [0.15, 0.2) is 12.3 Å². The van der Waals surface area contributed by atoms with Crippen molar-refractivity contribution in [3.05, 3.63) is 94.0 Å². The molecule has 2 aliphatic rings. The lowest BCUT2D eigenvalue weighted by Gasteiger charge is -2.27. The van der Waals surface area contributed by atoms with Gasteiger partial charge in [0.1, 0.15) is 6.61 Å². The van der Waals surface area contributed by atoms with Gasteiger partial charge in [0.2, 0.25) is 5.69 Å². The minimum Gasteiger partial charge on any atom is -1.00 e. The van der Waals surface area contributed by atoms with Crippen LogP contribution < -0.4 is 17.3 Å². The third-order valence-corrected chi connectivity index (χ3v) is 9.72. The summed E-state index contributed by atoms with van der Waals surface area (Å²) in [4.78, 5) is 5.08. The number of nitrogens with zero attached hydrogens (tertiary/aromatic N) is 5. The van der Waals surface area contributed by atoms with Crippen LogP contribution in [0.3, 0.4) is 0 Å². The van der Waals surface area contributed by atoms with Crippen molar-refractivity contribution >= 4 is 17.1 Å². The van der Waals surface area contributed by atoms with Crippen molar-refractivity contribution in [2.24, 2.45) is 5.11 Å². The number of hydrogen-bond acceptors (Lipinski definition) is 10. The number of azide groups is 1. The first kappa shape index (κ1) is 47.0. The molecule has 0 aliphatic carbocycles. The normalized spacial score (nSPS) is 16.0. The van der Waals surface area contributed by atoms with Crippen molar-refractivity contribution in [3.8, 4) is 0 Å². The lowest BCUT2D eigenvalue weighted by Crippen LogP contribution is -3.00. The summed E-state index contributed by atoms with van der Waals surface area (Å²) in [5.41, 5.74) is 15.5. The molecule has 2 heterocycles. The maximum Gasteiger partial charge on any atom is 0.209 e. The van der Waals surface area contributed by atoms with Crippen molar-refractivity contribution in [1.82, 2.24) is 0 Å². The number of ether oxygens (including phenoxy) is 8. The summed E-state index contributed by atoms with van der Waals surface area (Å²) in [6.07, 6.45) is 6.75. The molecule has 13 nitrogen and oxygen atoms in total. The molecule has 4 rings (SSSR count). The Bertz CT molecular complexity index is 1590. The van der Waals surface area contributed by atoms with Crippen LogP contribution in [0.5, 0.6) is 0 Å². The molecule has 0 radical (unpaired) electrons. The largest absolute Gasteiger partial charge is 1.00 e. The highest BCUT2D eigenvalue weighted by molar-refractivity contribution is 6.03. The van der Waals surface area contributed by atoms with E-state index in [0.717, 1.165) is 13.1 Å². The fourth-order valence-electron chi connectivity index (χ4n) is 6.90. The average Bonchev–Trinajstić information content (AvgIpc) is 3.53. The summed E-state index contributed by atoms with van der Waals surface area (Å²) in [5.74, 6) is 0. The summed E-state index contributed by atoms with van der Waals surface area (Å²) in [6.45, 7) is 18.7. The highest BCUT2D eigenvalue weighted by Gasteiger charge is 2.44. The number of methoxy groups -OCH3 is 1. The Balaban J connectivity index is 0.00000841. The Hall–Kier alpha value is -3.33. The fraction of sp³-hybridized carbons (Fsp3) is 0.595. The maximum atomic E-state index is 8.27. The Kier molecular flexibility index (Phi) is 21.7. The number of rotatable bonds is 29. The Morgan fingerprint density at radius 1 is 0.661 bits per heavy atom. The summed E-state index contributed by atoms with van der Waals surface area (Å²) in [7, 11) is 1.66. The number of para-hydroxylation sites is 2. The summed E-state index contributed by atoms with van der Waals surface area (Å²) in [5, 5.41) is 3.43. The first-order valence-electron chi connectivity index (χ1n) is 19.4. The molecule has 0 saturated carbocycles. The van der Waals surface area contributed by atoms with Gasteiger partial charge < -0.3 is 55.2 Å². The van der Waals surface area contributed by atoms with Gasteiger partial charge >= 0.3 is 0 Å². The van der Waals surface area contributed by atoms with Crippen LogP contribution in [0.2, 0.25) is 0 Å². The SMILES string of the molecule is COCCOCCOCCOCC[N+]1=C(/C=C/C=C2/N(CCOCCOCCOCCOCCN=[N+]=[N-])c3ccccc3C2(C)C)C(C)(C)c2ccccc21.[Cl-]. The van der Waals surface area contributed by atoms with Crippen molar-refractivity contribution in [1.29, 1.82) is 0 Å². The predicted octanol–water partition coefficient (Wildman–Crippen LogP) is 3.38. The van der Waals surface area contributed by atoms with Crippen molar-refractivity contribution in [2.45, 2.75) is 38.5 Å². The van der Waals surface area contributed by atoms with Gasteiger partial charge in [-0.25, -0.2) is 0 Å². The zero-order valence-corrected chi connectivity index (χ0v) is 34.7. The van der Waals surface area contributed by atoms with Crippen molar-refractivity contribution < 1.29 is 54.9 Å². The Morgan fingerprint density at radius 3 is 1.79 bits per heavy atom. The van der Waals surface area contributed by atoms with E-state index < -0.39 is 0 Å². The highest BCUT2D eigenvalue weighted by atomic mass is 35.5. The molecule has 2 aliphatic heterocycles. The standard InChI is InChI=1S/C42H62N5O8.ClH/c1-41(2)35-11-6-8-13-37(35)46(18-21-50-26-29-54-32-31-52-24-23-48-5)39(41)15-10-16-40-42(3,4)36-12-7-9-14-38(36)47(40)19-22-51-27-30-55-34-33-53-28-25-49-20-17-44-45-43;/h6-16H,17-34H2,1-5H3;1H/q+1;/p-1. The molecule has 0 fully saturated rings. The van der Waals surface area contributed by atoms with Gasteiger partial charge in [-0.3, -0.25) is 0 Å². The van der Waals surface area contributed by atoms with Crippen LogP contribution in [-0.4, -0.2) is 136 Å². The van der Waals surface area contributed by atoms with Crippen LogP contribution in [0.25, 0.3) is 10.4 Å². The van der Waals surface area contributed by atoms with Gasteiger partial charge in [0, 0.05) is 59.6 Å². The van der Waals surface area contributed by atoms with Gasteiger partial charge in [0.05, 0.1) is 97.9 Å². The number of halogens is 1. The van der Waals surface area contributed by atoms with Gasteiger partial charge in [-0.15, -0.1) is 0 Å². The molecular formula is C42H62ClN5O8. The van der Waals surface area contributed by atoms with Crippen LogP contribution in [-0.2, 0) is 48.7 Å². The number of fused-ring (bicyclic) bond motifs is 2. The molecule has 0 atom stereocenters. The van der Waals surface area contributed by atoms with Gasteiger partial charge in [-0.2, -0.15) is 4.58 Å². The molecule has 0 unspecified atom stereocenters. The van der Waals surface area contributed by atoms with E-state index in [4.69, 9.17) is 43.4 Å². The summed E-state index contributed by atoms with van der Waals surface area (Å²) < 4.78 is 47.1. The Morgan fingerprint density at radius 2 is 1.18 bits per heavy atom. The molecule has 310 valence electrons. The molecule has 2 aromatic carbocycles. The number of hydrogen-bond donors (Lipinski definition) is 0. The molecule has 0 bridgehead atoms. The van der Waals surface area contributed by atoms with Gasteiger partial charge in [-0.1, -0.05) is 61.4 Å². The third-order valence-electron chi connectivity index (χ3n) is 9.72. The number of benzene rings is 2. The molecule has 2 aromatic rings. The second-order valence-corrected chi connectivity index (χ2v) is 14.1. The molecule has 0 spiro atoms. The number of anilines is 1. The minimum absolute atomic E-state index is 0. The van der Waals surface area contributed by atoms with E-state index >= 15 is 0 Å². The predicted molar refractivity (Wildman–Crippen MR) is 215 cm³/mol. The Labute approximate surface area is 339 Å². The fourth-order valence-corrected chi connectivity index (χ4v) is 6.90. The average molecular weight is 800 g/mol. The zero-order valence-electron chi connectivity index (χ0n) is 34.0. The van der Waals surface area contributed by atoms with Crippen LogP contribution >= 0.6 is 0 Å². The molecule has 14 heteroatoms. The highest BCUT2D eigenvalue weighted by Crippen LogP contribution is 2.47. The van der Waals surface area contributed by atoms with E-state index in [0.29, 0.717) is 106 Å². The van der Waals surface area contributed by atoms with Crippen molar-refractivity contribution in [3.63, 3.8) is 0 Å². The smallest absolute Gasteiger partial charge is 0.209 e. The van der Waals surface area contributed by atoms with Crippen molar-refractivity contribution in [2.75, 3.05) is 131 Å². The summed E-state index contributed by atoms with van der Waals surface area (Å²) in [6, 6.07) is 17.3. The molecular weight excluding hydrogens is 738 g/mol. The first-order chi connectivity index (χ1) is 26.8. The first-order valence-corrected chi connectivity index (χ1v) is 19.4. The van der Waals surface area contributed by atoms with Gasteiger partial charge in [-0.05, 0) is 37.1 Å². The molecule has 0 N–H and O–H groups in total. The van der Waals surface area contributed by atoms with Gasteiger partial charge in [0.25, 0.3) is 0 Å². The second kappa shape index (κ2) is 25.8. The van der Waals surface area contributed by atoms with E-state index in [1.54, 1.807) is 7.11 Å². The maximum absolute atomic E-state index is 8.27. The van der Waals surface area contributed by atoms with E-state index in [-0.39, 0.29) is 23.2 Å². The lowest BCUT2D eigenvalue weighted by molar-refractivity contribution is -0.442. The van der Waals surface area contributed by atoms with E-state index in [1.165, 1.54) is 33.9 Å². The minimum atomic E-state index is -0.176. The zero-order chi connectivity index (χ0) is 39.2. The number of allylic oxidation sites excluding steroid dienone is 4. The van der Waals surface area contributed by atoms with E-state index in [1.807, 2.05) is 0 Å².